The van der Waals surface area contributed by atoms with Crippen LogP contribution < -0.4 is 4.74 Å². The maximum Gasteiger partial charge on any atom is 0.311 e. The Morgan fingerprint density at radius 1 is 1.04 bits per heavy atom. The number of rotatable bonds is 12. The van der Waals surface area contributed by atoms with E-state index in [0.29, 0.717) is 0 Å². The van der Waals surface area contributed by atoms with E-state index in [1.807, 2.05) is 6.92 Å². The Labute approximate surface area is 149 Å². The van der Waals surface area contributed by atoms with Gasteiger partial charge in [-0.25, -0.2) is 4.39 Å². The highest BCUT2D eigenvalue weighted by Gasteiger charge is 2.13. The van der Waals surface area contributed by atoms with Crippen molar-refractivity contribution in [3.63, 3.8) is 0 Å². The molecule has 0 saturated carbocycles. The molecular formula is C20H29FO4. The molecule has 1 atom stereocenters. The number of hydrogen-bond acceptors (Lipinski definition) is 4. The van der Waals surface area contributed by atoms with Crippen molar-refractivity contribution in [2.24, 2.45) is 0 Å². The molecule has 25 heavy (non-hydrogen) atoms. The molecule has 0 radical (unpaired) electrons. The topological polar surface area (TPSA) is 52.6 Å². The number of halogens is 1. The van der Waals surface area contributed by atoms with Gasteiger partial charge in [0.05, 0.1) is 18.9 Å². The average Bonchev–Trinajstić information content (AvgIpc) is 2.56. The van der Waals surface area contributed by atoms with Crippen LogP contribution in [-0.2, 0) is 14.3 Å². The Bertz CT molecular complexity index is 530. The maximum absolute atomic E-state index is 13.0. The van der Waals surface area contributed by atoms with Crippen molar-refractivity contribution in [1.29, 1.82) is 0 Å². The molecule has 5 heteroatoms. The summed E-state index contributed by atoms with van der Waals surface area (Å²) in [5, 5.41) is 0. The standard InChI is InChI=1S/C20H29FO4/c1-3-4-5-6-7-8-10-16(2)24-19(22)13-14-20(23)25-18-12-9-11-17(21)15-18/h9,11-12,15-16H,3-8,10,13-14H2,1-2H3. The lowest BCUT2D eigenvalue weighted by Crippen LogP contribution is -2.17. The first-order valence-electron chi connectivity index (χ1n) is 9.17. The number of carbonyl (C=O) groups excluding carboxylic acids is 2. The van der Waals surface area contributed by atoms with Crippen LogP contribution in [0.25, 0.3) is 0 Å². The molecule has 0 amide bonds. The second kappa shape index (κ2) is 12.5. The average molecular weight is 352 g/mol. The predicted octanol–water partition coefficient (Wildman–Crippen LogP) is 5.19. The Balaban J connectivity index is 2.13. The number of hydrogen-bond donors (Lipinski definition) is 0. The van der Waals surface area contributed by atoms with Crippen molar-refractivity contribution in [1.82, 2.24) is 0 Å². The van der Waals surface area contributed by atoms with Gasteiger partial charge in [-0.05, 0) is 31.9 Å². The third-order valence-corrected chi connectivity index (χ3v) is 3.86. The molecule has 4 nitrogen and oxygen atoms in total. The van der Waals surface area contributed by atoms with E-state index in [9.17, 15) is 14.0 Å². The summed E-state index contributed by atoms with van der Waals surface area (Å²) in [5.41, 5.74) is 0. The van der Waals surface area contributed by atoms with Crippen LogP contribution in [0.5, 0.6) is 5.75 Å². The van der Waals surface area contributed by atoms with Crippen LogP contribution in [0.3, 0.4) is 0 Å². The van der Waals surface area contributed by atoms with Gasteiger partial charge in [0.1, 0.15) is 11.6 Å². The lowest BCUT2D eigenvalue weighted by Gasteiger charge is -2.13. The molecule has 0 heterocycles. The highest BCUT2D eigenvalue weighted by molar-refractivity contribution is 5.79. The number of ether oxygens (including phenoxy) is 2. The number of benzene rings is 1. The fraction of sp³-hybridized carbons (Fsp3) is 0.600. The van der Waals surface area contributed by atoms with E-state index in [-0.39, 0.29) is 24.7 Å². The zero-order valence-corrected chi connectivity index (χ0v) is 15.3. The molecule has 1 aromatic rings. The third kappa shape index (κ3) is 10.5. The van der Waals surface area contributed by atoms with Gasteiger partial charge in [-0.15, -0.1) is 0 Å². The first kappa shape index (κ1) is 21.1. The van der Waals surface area contributed by atoms with E-state index in [2.05, 4.69) is 6.92 Å². The molecular weight excluding hydrogens is 323 g/mol. The number of carbonyl (C=O) groups is 2. The molecule has 0 N–H and O–H groups in total. The number of esters is 2. The van der Waals surface area contributed by atoms with E-state index in [1.54, 1.807) is 0 Å². The van der Waals surface area contributed by atoms with E-state index in [1.165, 1.54) is 43.9 Å². The lowest BCUT2D eigenvalue weighted by atomic mass is 10.1. The molecule has 1 aromatic carbocycles. The second-order valence-electron chi connectivity index (χ2n) is 6.29. The van der Waals surface area contributed by atoms with E-state index in [4.69, 9.17) is 9.47 Å². The van der Waals surface area contributed by atoms with Crippen LogP contribution in [-0.4, -0.2) is 18.0 Å². The summed E-state index contributed by atoms with van der Waals surface area (Å²) in [5.74, 6) is -1.33. The predicted molar refractivity (Wildman–Crippen MR) is 94.8 cm³/mol. The van der Waals surface area contributed by atoms with Crippen molar-refractivity contribution in [3.05, 3.63) is 30.1 Å². The molecule has 0 bridgehead atoms. The van der Waals surface area contributed by atoms with Crippen LogP contribution in [0.1, 0.15) is 71.6 Å². The molecule has 0 spiro atoms. The minimum Gasteiger partial charge on any atom is -0.463 e. The largest absolute Gasteiger partial charge is 0.463 e. The van der Waals surface area contributed by atoms with Gasteiger partial charge in [0, 0.05) is 6.07 Å². The first-order valence-corrected chi connectivity index (χ1v) is 9.17. The van der Waals surface area contributed by atoms with Crippen LogP contribution in [0.15, 0.2) is 24.3 Å². The van der Waals surface area contributed by atoms with Crippen LogP contribution in [0, 0.1) is 5.82 Å². The van der Waals surface area contributed by atoms with E-state index >= 15 is 0 Å². The van der Waals surface area contributed by atoms with Gasteiger partial charge in [0.2, 0.25) is 0 Å². The summed E-state index contributed by atoms with van der Waals surface area (Å²) in [7, 11) is 0. The molecule has 1 rings (SSSR count). The summed E-state index contributed by atoms with van der Waals surface area (Å²) in [4.78, 5) is 23.4. The van der Waals surface area contributed by atoms with E-state index in [0.717, 1.165) is 25.3 Å². The molecule has 0 saturated heterocycles. The minimum atomic E-state index is -0.578. The molecule has 0 aromatic heterocycles. The van der Waals surface area contributed by atoms with Gasteiger partial charge in [0.25, 0.3) is 0 Å². The highest BCUT2D eigenvalue weighted by atomic mass is 19.1. The van der Waals surface area contributed by atoms with Crippen LogP contribution in [0.4, 0.5) is 4.39 Å². The zero-order chi connectivity index (χ0) is 18.5. The molecule has 0 aliphatic rings. The monoisotopic (exact) mass is 352 g/mol. The third-order valence-electron chi connectivity index (χ3n) is 3.86. The van der Waals surface area contributed by atoms with Crippen molar-refractivity contribution >= 4 is 11.9 Å². The van der Waals surface area contributed by atoms with Gasteiger partial charge < -0.3 is 9.47 Å². The Morgan fingerprint density at radius 2 is 1.72 bits per heavy atom. The Morgan fingerprint density at radius 3 is 2.44 bits per heavy atom. The quantitative estimate of drug-likeness (QED) is 0.295. The minimum absolute atomic E-state index is 0.0327. The number of unbranched alkanes of at least 4 members (excludes halogenated alkanes) is 5. The summed E-state index contributed by atoms with van der Waals surface area (Å²) in [6, 6.07) is 5.33. The van der Waals surface area contributed by atoms with Gasteiger partial charge in [-0.2, -0.15) is 0 Å². The zero-order valence-electron chi connectivity index (χ0n) is 15.3. The molecule has 0 aliphatic heterocycles. The van der Waals surface area contributed by atoms with Gasteiger partial charge in [0.15, 0.2) is 0 Å². The lowest BCUT2D eigenvalue weighted by molar-refractivity contribution is -0.151. The molecule has 0 aliphatic carbocycles. The first-order chi connectivity index (χ1) is 12.0. The normalized spacial score (nSPS) is 11.8. The van der Waals surface area contributed by atoms with Crippen molar-refractivity contribution in [3.8, 4) is 5.75 Å². The highest BCUT2D eigenvalue weighted by Crippen LogP contribution is 2.14. The molecule has 1 unspecified atom stereocenters. The van der Waals surface area contributed by atoms with Crippen molar-refractivity contribution in [2.45, 2.75) is 77.7 Å². The van der Waals surface area contributed by atoms with Crippen LogP contribution in [0.2, 0.25) is 0 Å². The summed E-state index contributed by atoms with van der Waals surface area (Å²) in [6.07, 6.45) is 7.77. The Hall–Kier alpha value is -1.91. The SMILES string of the molecule is CCCCCCCCC(C)OC(=O)CCC(=O)Oc1cccc(F)c1. The Kier molecular flexibility index (Phi) is 10.5. The summed E-state index contributed by atoms with van der Waals surface area (Å²) < 4.78 is 23.3. The van der Waals surface area contributed by atoms with Crippen molar-refractivity contribution in [2.75, 3.05) is 0 Å². The fourth-order valence-electron chi connectivity index (χ4n) is 2.47. The fourth-order valence-corrected chi connectivity index (χ4v) is 2.47. The smallest absolute Gasteiger partial charge is 0.311 e. The molecule has 140 valence electrons. The van der Waals surface area contributed by atoms with Gasteiger partial charge in [-0.1, -0.05) is 45.1 Å². The van der Waals surface area contributed by atoms with Gasteiger partial charge >= 0.3 is 11.9 Å². The summed E-state index contributed by atoms with van der Waals surface area (Å²) in [6.45, 7) is 4.06. The van der Waals surface area contributed by atoms with E-state index < -0.39 is 17.8 Å². The van der Waals surface area contributed by atoms with Crippen LogP contribution >= 0.6 is 0 Å². The van der Waals surface area contributed by atoms with Crippen molar-refractivity contribution < 1.29 is 23.5 Å². The van der Waals surface area contributed by atoms with Gasteiger partial charge in [-0.3, -0.25) is 9.59 Å². The maximum atomic E-state index is 13.0. The summed E-state index contributed by atoms with van der Waals surface area (Å²) >= 11 is 0. The second-order valence-corrected chi connectivity index (χ2v) is 6.29. The molecule has 0 fully saturated rings.